The van der Waals surface area contributed by atoms with Gasteiger partial charge in [-0.2, -0.15) is 10.3 Å². The standard InChI is InChI=1S/C18H23N3/c1-2-14-9-6-12-21(18(14)20-13-19)17-11-5-8-15-7-3-4-10-16(15)17/h3-4,7,10,14,17H,2,5-6,8-9,11-12H2,1H3. The third-order valence-corrected chi connectivity index (χ3v) is 4.98. The molecule has 110 valence electrons. The lowest BCUT2D eigenvalue weighted by Gasteiger charge is -2.42. The predicted octanol–water partition coefficient (Wildman–Crippen LogP) is 4.07. The van der Waals surface area contributed by atoms with Gasteiger partial charge in [-0.05, 0) is 49.7 Å². The van der Waals surface area contributed by atoms with E-state index in [-0.39, 0.29) is 0 Å². The molecular weight excluding hydrogens is 258 g/mol. The Morgan fingerprint density at radius 3 is 2.95 bits per heavy atom. The van der Waals surface area contributed by atoms with Gasteiger partial charge in [-0.25, -0.2) is 0 Å². The number of fused-ring (bicyclic) bond motifs is 1. The second-order valence-corrected chi connectivity index (χ2v) is 6.12. The number of nitrogens with zero attached hydrogens (tertiary/aromatic N) is 3. The van der Waals surface area contributed by atoms with E-state index in [9.17, 15) is 0 Å². The van der Waals surface area contributed by atoms with E-state index in [0.717, 1.165) is 18.8 Å². The summed E-state index contributed by atoms with van der Waals surface area (Å²) in [5.74, 6) is 1.49. The summed E-state index contributed by atoms with van der Waals surface area (Å²) in [6.45, 7) is 3.24. The Balaban J connectivity index is 1.96. The zero-order valence-electron chi connectivity index (χ0n) is 12.8. The molecule has 1 fully saturated rings. The fraction of sp³-hybridized carbons (Fsp3) is 0.556. The number of aryl methyl sites for hydroxylation is 1. The fourth-order valence-electron chi connectivity index (χ4n) is 3.95. The molecule has 1 aliphatic carbocycles. The van der Waals surface area contributed by atoms with Crippen LogP contribution >= 0.6 is 0 Å². The second-order valence-electron chi connectivity index (χ2n) is 6.12. The number of likely N-dealkylation sites (tertiary alicyclic amines) is 1. The molecule has 3 nitrogen and oxygen atoms in total. The van der Waals surface area contributed by atoms with Gasteiger partial charge in [0, 0.05) is 12.5 Å². The number of nitriles is 1. The molecule has 3 rings (SSSR count). The van der Waals surface area contributed by atoms with E-state index in [1.807, 2.05) is 6.19 Å². The van der Waals surface area contributed by atoms with Crippen LogP contribution in [0.15, 0.2) is 29.3 Å². The molecule has 1 aromatic rings. The molecule has 0 aromatic heterocycles. The monoisotopic (exact) mass is 281 g/mol. The Kier molecular flexibility index (Phi) is 4.24. The first-order chi connectivity index (χ1) is 10.3. The van der Waals surface area contributed by atoms with E-state index in [1.54, 1.807) is 0 Å². The normalized spacial score (nSPS) is 27.2. The first kappa shape index (κ1) is 14.1. The molecule has 21 heavy (non-hydrogen) atoms. The molecule has 0 spiro atoms. The van der Waals surface area contributed by atoms with E-state index in [2.05, 4.69) is 41.1 Å². The number of amidine groups is 1. The average Bonchev–Trinajstić information content (AvgIpc) is 2.55. The molecule has 0 bridgehead atoms. The summed E-state index contributed by atoms with van der Waals surface area (Å²) in [4.78, 5) is 6.64. The van der Waals surface area contributed by atoms with Gasteiger partial charge < -0.3 is 4.90 Å². The van der Waals surface area contributed by atoms with Crippen molar-refractivity contribution in [2.75, 3.05) is 6.54 Å². The molecule has 0 N–H and O–H groups in total. The van der Waals surface area contributed by atoms with Crippen molar-refractivity contribution in [2.24, 2.45) is 10.9 Å². The minimum absolute atomic E-state index is 0.413. The summed E-state index contributed by atoms with van der Waals surface area (Å²) < 4.78 is 0. The summed E-state index contributed by atoms with van der Waals surface area (Å²) >= 11 is 0. The Labute approximate surface area is 127 Å². The zero-order chi connectivity index (χ0) is 14.7. The quantitative estimate of drug-likeness (QED) is 0.767. The van der Waals surface area contributed by atoms with Gasteiger partial charge >= 0.3 is 0 Å². The van der Waals surface area contributed by atoms with Crippen molar-refractivity contribution >= 4 is 5.84 Å². The number of aliphatic imine (C=N–C) groups is 1. The van der Waals surface area contributed by atoms with E-state index in [0.29, 0.717) is 12.0 Å². The SMILES string of the molecule is CCC1CCCN(C2CCCc3ccccc32)C1=NC#N. The molecule has 1 saturated heterocycles. The van der Waals surface area contributed by atoms with Crippen LogP contribution in [0, 0.1) is 17.4 Å². The average molecular weight is 281 g/mol. The Hall–Kier alpha value is -1.82. The smallest absolute Gasteiger partial charge is 0.207 e. The van der Waals surface area contributed by atoms with Crippen LogP contribution in [0.2, 0.25) is 0 Å². The third-order valence-electron chi connectivity index (χ3n) is 4.98. The highest BCUT2D eigenvalue weighted by Gasteiger charge is 2.33. The molecule has 3 heteroatoms. The van der Waals surface area contributed by atoms with Gasteiger partial charge in [0.15, 0.2) is 0 Å². The van der Waals surface area contributed by atoms with Crippen LogP contribution in [-0.2, 0) is 6.42 Å². The molecule has 2 unspecified atom stereocenters. The first-order valence-corrected chi connectivity index (χ1v) is 8.16. The maximum atomic E-state index is 9.08. The van der Waals surface area contributed by atoms with Crippen LogP contribution in [0.4, 0.5) is 0 Å². The van der Waals surface area contributed by atoms with Crippen molar-refractivity contribution in [1.29, 1.82) is 5.26 Å². The van der Waals surface area contributed by atoms with Crippen LogP contribution in [0.5, 0.6) is 0 Å². The van der Waals surface area contributed by atoms with Crippen molar-refractivity contribution < 1.29 is 0 Å². The number of hydrogen-bond donors (Lipinski definition) is 0. The number of hydrogen-bond acceptors (Lipinski definition) is 2. The molecule has 1 aromatic carbocycles. The molecule has 1 heterocycles. The van der Waals surface area contributed by atoms with Crippen molar-refractivity contribution in [2.45, 2.75) is 51.5 Å². The maximum Gasteiger partial charge on any atom is 0.207 e. The Bertz CT molecular complexity index is 570. The molecular formula is C18H23N3. The second kappa shape index (κ2) is 6.30. The lowest BCUT2D eigenvalue weighted by Crippen LogP contribution is -2.44. The lowest BCUT2D eigenvalue weighted by atomic mass is 9.84. The van der Waals surface area contributed by atoms with E-state index in [1.165, 1.54) is 43.2 Å². The molecule has 1 aliphatic heterocycles. The van der Waals surface area contributed by atoms with Gasteiger partial charge in [0.05, 0.1) is 6.04 Å². The van der Waals surface area contributed by atoms with E-state index < -0.39 is 0 Å². The lowest BCUT2D eigenvalue weighted by molar-refractivity contribution is 0.237. The maximum absolute atomic E-state index is 9.08. The van der Waals surface area contributed by atoms with Gasteiger partial charge in [-0.15, -0.1) is 0 Å². The van der Waals surface area contributed by atoms with Crippen molar-refractivity contribution in [3.8, 4) is 6.19 Å². The van der Waals surface area contributed by atoms with Crippen molar-refractivity contribution in [1.82, 2.24) is 4.90 Å². The molecule has 2 atom stereocenters. The molecule has 0 amide bonds. The largest absolute Gasteiger partial charge is 0.352 e. The van der Waals surface area contributed by atoms with Gasteiger partial charge in [0.2, 0.25) is 6.19 Å². The highest BCUT2D eigenvalue weighted by molar-refractivity contribution is 5.86. The minimum atomic E-state index is 0.413. The van der Waals surface area contributed by atoms with Gasteiger partial charge in [-0.3, -0.25) is 0 Å². The molecule has 2 aliphatic rings. The van der Waals surface area contributed by atoms with Gasteiger partial charge in [0.1, 0.15) is 5.84 Å². The summed E-state index contributed by atoms with van der Waals surface area (Å²) in [5, 5.41) is 9.08. The van der Waals surface area contributed by atoms with Crippen molar-refractivity contribution in [3.05, 3.63) is 35.4 Å². The third kappa shape index (κ3) is 2.68. The van der Waals surface area contributed by atoms with Crippen LogP contribution in [0.1, 0.15) is 56.2 Å². The summed E-state index contributed by atoms with van der Waals surface area (Å²) in [5.41, 5.74) is 2.93. The zero-order valence-corrected chi connectivity index (χ0v) is 12.8. The number of piperidine rings is 1. The van der Waals surface area contributed by atoms with Gasteiger partial charge in [-0.1, -0.05) is 31.2 Å². The molecule has 0 radical (unpaired) electrons. The summed E-state index contributed by atoms with van der Waals surface area (Å²) in [6, 6.07) is 9.20. The van der Waals surface area contributed by atoms with Crippen LogP contribution in [0.25, 0.3) is 0 Å². The number of rotatable bonds is 2. The number of benzene rings is 1. The van der Waals surface area contributed by atoms with Crippen LogP contribution < -0.4 is 0 Å². The first-order valence-electron chi connectivity index (χ1n) is 8.16. The molecule has 0 saturated carbocycles. The van der Waals surface area contributed by atoms with E-state index in [4.69, 9.17) is 5.26 Å². The topological polar surface area (TPSA) is 39.4 Å². The minimum Gasteiger partial charge on any atom is -0.352 e. The predicted molar refractivity (Wildman–Crippen MR) is 84.9 cm³/mol. The van der Waals surface area contributed by atoms with Crippen LogP contribution in [0.3, 0.4) is 0 Å². The van der Waals surface area contributed by atoms with Gasteiger partial charge in [0.25, 0.3) is 0 Å². The summed E-state index contributed by atoms with van der Waals surface area (Å²) in [7, 11) is 0. The highest BCUT2D eigenvalue weighted by Crippen LogP contribution is 2.37. The summed E-state index contributed by atoms with van der Waals surface area (Å²) in [6.07, 6.45) is 9.09. The highest BCUT2D eigenvalue weighted by atomic mass is 15.2. The van der Waals surface area contributed by atoms with Crippen LogP contribution in [-0.4, -0.2) is 17.3 Å². The Morgan fingerprint density at radius 2 is 2.14 bits per heavy atom. The fourth-order valence-corrected chi connectivity index (χ4v) is 3.95. The Morgan fingerprint density at radius 1 is 1.29 bits per heavy atom. The van der Waals surface area contributed by atoms with Crippen molar-refractivity contribution in [3.63, 3.8) is 0 Å². The van der Waals surface area contributed by atoms with E-state index >= 15 is 0 Å².